The summed E-state index contributed by atoms with van der Waals surface area (Å²) in [6.07, 6.45) is 0. The van der Waals surface area contributed by atoms with Crippen molar-refractivity contribution in [3.05, 3.63) is 102 Å². The highest BCUT2D eigenvalue weighted by Crippen LogP contribution is 2.35. The summed E-state index contributed by atoms with van der Waals surface area (Å²) >= 11 is 1.23. The van der Waals surface area contributed by atoms with E-state index < -0.39 is 0 Å². The van der Waals surface area contributed by atoms with Crippen LogP contribution >= 0.6 is 11.8 Å². The second-order valence-electron chi connectivity index (χ2n) is 10.0. The molecule has 1 amide bonds. The first kappa shape index (κ1) is 26.8. The second kappa shape index (κ2) is 11.5. The number of hydrogen-bond donors (Lipinski definition) is 1. The fourth-order valence-electron chi connectivity index (χ4n) is 3.99. The Kier molecular flexibility index (Phi) is 8.09. The highest BCUT2D eigenvalue weighted by atomic mass is 32.2. The van der Waals surface area contributed by atoms with Gasteiger partial charge in [0.1, 0.15) is 11.1 Å². The summed E-state index contributed by atoms with van der Waals surface area (Å²) in [6, 6.07) is 29.1. The van der Waals surface area contributed by atoms with Crippen LogP contribution in [-0.2, 0) is 10.2 Å². The van der Waals surface area contributed by atoms with E-state index in [0.717, 1.165) is 22.4 Å². The molecule has 38 heavy (non-hydrogen) atoms. The van der Waals surface area contributed by atoms with Crippen molar-refractivity contribution in [2.45, 2.75) is 38.1 Å². The van der Waals surface area contributed by atoms with Crippen molar-refractivity contribution in [2.75, 3.05) is 11.1 Å². The molecule has 4 aromatic rings. The Balaban J connectivity index is 1.65. The predicted octanol–water partition coefficient (Wildman–Crippen LogP) is 7.52. The van der Waals surface area contributed by atoms with E-state index in [0.29, 0.717) is 21.8 Å². The van der Waals surface area contributed by atoms with Gasteiger partial charge < -0.3 is 5.32 Å². The molecule has 0 spiro atoms. The monoisotopic (exact) mass is 519 g/mol. The van der Waals surface area contributed by atoms with Crippen molar-refractivity contribution in [1.29, 1.82) is 5.26 Å². The number of ketones is 1. The zero-order chi connectivity index (χ0) is 27.3. The molecule has 0 fully saturated rings. The molecule has 0 saturated carbocycles. The maximum absolute atomic E-state index is 12.7. The summed E-state index contributed by atoms with van der Waals surface area (Å²) in [5, 5.41) is 13.5. The number of carbonyl (C=O) groups excluding carboxylic acids is 2. The number of nitrogens with one attached hydrogen (secondary N) is 1. The van der Waals surface area contributed by atoms with Gasteiger partial charge in [-0.05, 0) is 53.8 Å². The number of nitrogens with zero attached hydrogens (tertiary/aromatic N) is 2. The van der Waals surface area contributed by atoms with E-state index in [2.05, 4.69) is 44.3 Å². The number of Topliss-reactive ketones (excluding diaryl/α,β-unsaturated/α-hetero) is 1. The van der Waals surface area contributed by atoms with Gasteiger partial charge >= 0.3 is 0 Å². The van der Waals surface area contributed by atoms with E-state index in [1.54, 1.807) is 24.3 Å². The number of amides is 1. The number of nitriles is 1. The number of anilines is 1. The van der Waals surface area contributed by atoms with E-state index in [9.17, 15) is 14.9 Å². The summed E-state index contributed by atoms with van der Waals surface area (Å²) in [5.41, 5.74) is 6.23. The number of pyridine rings is 1. The molecular formula is C32H29N3O2S. The van der Waals surface area contributed by atoms with Crippen LogP contribution in [0.2, 0.25) is 0 Å². The van der Waals surface area contributed by atoms with Crippen LogP contribution in [0.25, 0.3) is 22.4 Å². The molecule has 1 N–H and O–H groups in total. The molecular weight excluding hydrogens is 490 g/mol. The number of aromatic nitrogens is 1. The zero-order valence-electron chi connectivity index (χ0n) is 21.9. The molecule has 3 aromatic carbocycles. The van der Waals surface area contributed by atoms with Crippen LogP contribution in [0.4, 0.5) is 5.69 Å². The smallest absolute Gasteiger partial charge is 0.234 e. The van der Waals surface area contributed by atoms with E-state index >= 15 is 0 Å². The quantitative estimate of drug-likeness (QED) is 0.202. The highest BCUT2D eigenvalue weighted by molar-refractivity contribution is 8.00. The van der Waals surface area contributed by atoms with Crippen LogP contribution in [0, 0.1) is 11.3 Å². The lowest BCUT2D eigenvalue weighted by Gasteiger charge is -2.19. The summed E-state index contributed by atoms with van der Waals surface area (Å²) in [7, 11) is 0. The summed E-state index contributed by atoms with van der Waals surface area (Å²) in [6.45, 7) is 8.00. The molecule has 4 rings (SSSR count). The Morgan fingerprint density at radius 2 is 1.58 bits per heavy atom. The van der Waals surface area contributed by atoms with Gasteiger partial charge in [0.25, 0.3) is 0 Å². The molecule has 0 aliphatic rings. The minimum Gasteiger partial charge on any atom is -0.325 e. The molecule has 0 aliphatic carbocycles. The average Bonchev–Trinajstić information content (AvgIpc) is 2.91. The first-order valence-corrected chi connectivity index (χ1v) is 13.3. The van der Waals surface area contributed by atoms with Crippen LogP contribution in [-0.4, -0.2) is 22.4 Å². The molecule has 6 heteroatoms. The molecule has 1 aromatic heterocycles. The zero-order valence-corrected chi connectivity index (χ0v) is 22.7. The molecule has 0 unspecified atom stereocenters. The Hall–Kier alpha value is -4.21. The van der Waals surface area contributed by atoms with Crippen molar-refractivity contribution < 1.29 is 9.59 Å². The normalized spacial score (nSPS) is 11.0. The van der Waals surface area contributed by atoms with Gasteiger partial charge in [-0.25, -0.2) is 4.98 Å². The van der Waals surface area contributed by atoms with Crippen molar-refractivity contribution in [3.63, 3.8) is 0 Å². The van der Waals surface area contributed by atoms with Crippen LogP contribution < -0.4 is 5.32 Å². The van der Waals surface area contributed by atoms with Gasteiger partial charge in [0.15, 0.2) is 5.78 Å². The summed E-state index contributed by atoms with van der Waals surface area (Å²) in [5.74, 6) is -0.176. The predicted molar refractivity (Wildman–Crippen MR) is 154 cm³/mol. The lowest BCUT2D eigenvalue weighted by molar-refractivity contribution is -0.113. The lowest BCUT2D eigenvalue weighted by atomic mass is 9.86. The Bertz CT molecular complexity index is 1500. The second-order valence-corrected chi connectivity index (χ2v) is 11.0. The van der Waals surface area contributed by atoms with Crippen molar-refractivity contribution >= 4 is 29.1 Å². The van der Waals surface area contributed by atoms with Gasteiger partial charge in [-0.15, -0.1) is 0 Å². The Morgan fingerprint density at radius 3 is 2.16 bits per heavy atom. The largest absolute Gasteiger partial charge is 0.325 e. The van der Waals surface area contributed by atoms with E-state index in [1.165, 1.54) is 24.2 Å². The third-order valence-electron chi connectivity index (χ3n) is 6.14. The van der Waals surface area contributed by atoms with E-state index in [-0.39, 0.29) is 22.9 Å². The number of thioether (sulfide) groups is 1. The molecule has 0 atom stereocenters. The Morgan fingerprint density at radius 1 is 0.921 bits per heavy atom. The van der Waals surface area contributed by atoms with Crippen LogP contribution in [0.3, 0.4) is 0 Å². The summed E-state index contributed by atoms with van der Waals surface area (Å²) in [4.78, 5) is 29.0. The summed E-state index contributed by atoms with van der Waals surface area (Å²) < 4.78 is 0. The van der Waals surface area contributed by atoms with Crippen molar-refractivity contribution in [2.24, 2.45) is 0 Å². The molecule has 0 saturated heterocycles. The SMILES string of the molecule is CC(=O)c1ccc(NC(=O)CSc2nc(-c3ccccc3)cc(-c3ccc(C(C)(C)C)cc3)c2C#N)cc1. The van der Waals surface area contributed by atoms with Gasteiger partial charge in [0, 0.05) is 22.4 Å². The number of rotatable bonds is 7. The topological polar surface area (TPSA) is 82.8 Å². The molecule has 0 bridgehead atoms. The molecule has 190 valence electrons. The van der Waals surface area contributed by atoms with E-state index in [4.69, 9.17) is 4.98 Å². The lowest BCUT2D eigenvalue weighted by Crippen LogP contribution is -2.14. The van der Waals surface area contributed by atoms with Gasteiger partial charge in [0.2, 0.25) is 5.91 Å². The molecule has 5 nitrogen and oxygen atoms in total. The van der Waals surface area contributed by atoms with Crippen LogP contribution in [0.1, 0.15) is 49.2 Å². The Labute approximate surface area is 227 Å². The van der Waals surface area contributed by atoms with Crippen LogP contribution in [0.5, 0.6) is 0 Å². The van der Waals surface area contributed by atoms with Gasteiger partial charge in [-0.2, -0.15) is 5.26 Å². The van der Waals surface area contributed by atoms with E-state index in [1.807, 2.05) is 48.5 Å². The molecule has 1 heterocycles. The third-order valence-corrected chi connectivity index (χ3v) is 7.12. The van der Waals surface area contributed by atoms with Gasteiger partial charge in [-0.3, -0.25) is 9.59 Å². The fraction of sp³-hybridized carbons (Fsp3) is 0.188. The minimum atomic E-state index is -0.225. The molecule has 0 radical (unpaired) electrons. The first-order chi connectivity index (χ1) is 18.2. The van der Waals surface area contributed by atoms with Gasteiger partial charge in [0.05, 0.1) is 17.0 Å². The maximum atomic E-state index is 12.7. The first-order valence-electron chi connectivity index (χ1n) is 12.3. The fourth-order valence-corrected chi connectivity index (χ4v) is 4.79. The number of hydrogen-bond acceptors (Lipinski definition) is 5. The maximum Gasteiger partial charge on any atom is 0.234 e. The van der Waals surface area contributed by atoms with Crippen molar-refractivity contribution in [1.82, 2.24) is 4.98 Å². The van der Waals surface area contributed by atoms with Crippen molar-refractivity contribution in [3.8, 4) is 28.5 Å². The number of carbonyl (C=O) groups is 2. The number of benzene rings is 3. The standard InChI is InChI=1S/C32H29N3O2S/c1-21(36)22-12-16-26(17-13-22)34-30(37)20-38-31-28(19-33)27(18-29(35-31)24-8-6-5-7-9-24)23-10-14-25(15-11-23)32(2,3)4/h5-18H,20H2,1-4H3,(H,34,37). The average molecular weight is 520 g/mol. The minimum absolute atomic E-state index is 0.0186. The highest BCUT2D eigenvalue weighted by Gasteiger charge is 2.19. The molecule has 0 aliphatic heterocycles. The van der Waals surface area contributed by atoms with Crippen LogP contribution in [0.15, 0.2) is 90.0 Å². The third kappa shape index (κ3) is 6.37. The van der Waals surface area contributed by atoms with Gasteiger partial charge in [-0.1, -0.05) is 87.1 Å².